The van der Waals surface area contributed by atoms with Gasteiger partial charge in [0.1, 0.15) is 5.82 Å². The van der Waals surface area contributed by atoms with Crippen LogP contribution in [-0.4, -0.2) is 17.1 Å². The normalized spacial score (nSPS) is 14.4. The zero-order valence-electron chi connectivity index (χ0n) is 9.49. The molecule has 0 bridgehead atoms. The van der Waals surface area contributed by atoms with Gasteiger partial charge in [0.05, 0.1) is 11.4 Å². The van der Waals surface area contributed by atoms with Gasteiger partial charge in [-0.15, -0.1) is 0 Å². The van der Waals surface area contributed by atoms with E-state index in [1.54, 1.807) is 0 Å². The molecule has 5 heteroatoms. The van der Waals surface area contributed by atoms with Crippen LogP contribution in [-0.2, 0) is 4.79 Å². The predicted molar refractivity (Wildman–Crippen MR) is 64.7 cm³/mol. The maximum atomic E-state index is 13.0. The van der Waals surface area contributed by atoms with Crippen molar-refractivity contribution in [3.63, 3.8) is 0 Å². The van der Waals surface area contributed by atoms with E-state index in [9.17, 15) is 9.18 Å². The minimum Gasteiger partial charge on any atom is -0.481 e. The second kappa shape index (κ2) is 5.98. The van der Waals surface area contributed by atoms with Crippen LogP contribution < -0.4 is 5.73 Å². The smallest absolute Gasteiger partial charge is 0.304 e. The fourth-order valence-corrected chi connectivity index (χ4v) is 1.92. The fraction of sp³-hybridized carbons (Fsp3) is 0.417. The third-order valence-corrected chi connectivity index (χ3v) is 3.04. The lowest BCUT2D eigenvalue weighted by molar-refractivity contribution is -0.137. The average molecular weight is 260 g/mol. The summed E-state index contributed by atoms with van der Waals surface area (Å²) >= 11 is 5.68. The van der Waals surface area contributed by atoms with Crippen molar-refractivity contribution in [3.8, 4) is 0 Å². The number of hydrogen-bond donors (Lipinski definition) is 2. The van der Waals surface area contributed by atoms with E-state index >= 15 is 0 Å². The van der Waals surface area contributed by atoms with Gasteiger partial charge in [-0.3, -0.25) is 4.79 Å². The van der Waals surface area contributed by atoms with E-state index in [0.29, 0.717) is 12.0 Å². The molecule has 1 aromatic carbocycles. The van der Waals surface area contributed by atoms with Gasteiger partial charge in [0.15, 0.2) is 0 Å². The van der Waals surface area contributed by atoms with Crippen molar-refractivity contribution in [1.82, 2.24) is 0 Å². The van der Waals surface area contributed by atoms with Gasteiger partial charge >= 0.3 is 5.97 Å². The lowest BCUT2D eigenvalue weighted by Gasteiger charge is -2.22. The number of nitrogens with two attached hydrogens (primary N) is 1. The number of carboxylic acids is 1. The van der Waals surface area contributed by atoms with Crippen molar-refractivity contribution < 1.29 is 14.3 Å². The third kappa shape index (κ3) is 3.68. The lowest BCUT2D eigenvalue weighted by atomic mass is 9.88. The molecule has 3 nitrogen and oxygen atoms in total. The van der Waals surface area contributed by atoms with Gasteiger partial charge in [0, 0.05) is 12.0 Å². The molecule has 1 rings (SSSR count). The molecular weight excluding hydrogens is 245 g/mol. The van der Waals surface area contributed by atoms with E-state index in [1.807, 2.05) is 6.92 Å². The molecule has 2 unspecified atom stereocenters. The molecule has 0 aromatic heterocycles. The Labute approximate surface area is 104 Å². The topological polar surface area (TPSA) is 63.3 Å². The number of hydrogen-bond acceptors (Lipinski definition) is 2. The summed E-state index contributed by atoms with van der Waals surface area (Å²) in [6, 6.07) is 3.92. The molecule has 0 spiro atoms. The second-order valence-corrected chi connectivity index (χ2v) is 4.36. The summed E-state index contributed by atoms with van der Waals surface area (Å²) in [4.78, 5) is 10.8. The average Bonchev–Trinajstić information content (AvgIpc) is 2.28. The Morgan fingerprint density at radius 2 is 2.24 bits per heavy atom. The highest BCUT2D eigenvalue weighted by atomic mass is 35.5. The number of benzene rings is 1. The molecule has 94 valence electrons. The first kappa shape index (κ1) is 13.9. The molecule has 0 amide bonds. The number of halogens is 2. The summed E-state index contributed by atoms with van der Waals surface area (Å²) in [7, 11) is 0. The Bertz CT molecular complexity index is 411. The molecule has 0 radical (unpaired) electrons. The van der Waals surface area contributed by atoms with Crippen molar-refractivity contribution in [2.45, 2.75) is 31.7 Å². The van der Waals surface area contributed by atoms with Gasteiger partial charge in [-0.1, -0.05) is 24.6 Å². The number of rotatable bonds is 5. The highest BCUT2D eigenvalue weighted by Crippen LogP contribution is 2.27. The van der Waals surface area contributed by atoms with Crippen LogP contribution in [0.1, 0.15) is 31.2 Å². The quantitative estimate of drug-likeness (QED) is 0.855. The van der Waals surface area contributed by atoms with Gasteiger partial charge in [-0.25, -0.2) is 4.39 Å². The minimum atomic E-state index is -0.931. The molecule has 0 saturated heterocycles. The minimum absolute atomic E-state index is 0.0128. The van der Waals surface area contributed by atoms with Crippen molar-refractivity contribution in [2.75, 3.05) is 0 Å². The Kier molecular flexibility index (Phi) is 4.90. The van der Waals surface area contributed by atoms with E-state index in [4.69, 9.17) is 22.4 Å². The number of carboxylic acid groups (broad SMARTS) is 1. The van der Waals surface area contributed by atoms with Crippen LogP contribution in [0.2, 0.25) is 5.02 Å². The molecule has 1 aromatic rings. The standard InChI is InChI=1S/C12H15ClFNO2/c1-2-11(15)8(6-12(16)17)7-3-4-10(14)9(13)5-7/h3-5,8,11H,2,6,15H2,1H3,(H,16,17). The zero-order valence-corrected chi connectivity index (χ0v) is 10.2. The SMILES string of the molecule is CCC(N)C(CC(=O)O)c1ccc(F)c(Cl)c1. The molecule has 2 atom stereocenters. The van der Waals surface area contributed by atoms with Crippen LogP contribution in [0, 0.1) is 5.82 Å². The van der Waals surface area contributed by atoms with Gasteiger partial charge in [0.25, 0.3) is 0 Å². The summed E-state index contributed by atoms with van der Waals surface area (Å²) in [5.41, 5.74) is 6.55. The Hall–Kier alpha value is -1.13. The van der Waals surface area contributed by atoms with Gasteiger partial charge < -0.3 is 10.8 Å². The van der Waals surface area contributed by atoms with Crippen LogP contribution in [0.4, 0.5) is 4.39 Å². The van der Waals surface area contributed by atoms with Crippen molar-refractivity contribution in [2.24, 2.45) is 5.73 Å². The second-order valence-electron chi connectivity index (χ2n) is 3.95. The summed E-state index contributed by atoms with van der Waals surface area (Å²) in [6.45, 7) is 1.88. The van der Waals surface area contributed by atoms with Crippen LogP contribution in [0.5, 0.6) is 0 Å². The van der Waals surface area contributed by atoms with E-state index in [2.05, 4.69) is 0 Å². The Morgan fingerprint density at radius 3 is 2.71 bits per heavy atom. The van der Waals surface area contributed by atoms with Crippen molar-refractivity contribution in [1.29, 1.82) is 0 Å². The third-order valence-electron chi connectivity index (χ3n) is 2.75. The molecule has 0 aliphatic heterocycles. The van der Waals surface area contributed by atoms with Crippen LogP contribution in [0.3, 0.4) is 0 Å². The van der Waals surface area contributed by atoms with E-state index in [-0.39, 0.29) is 23.4 Å². The van der Waals surface area contributed by atoms with E-state index in [0.717, 1.165) is 0 Å². The summed E-state index contributed by atoms with van der Waals surface area (Å²) in [5, 5.41) is 8.84. The summed E-state index contributed by atoms with van der Waals surface area (Å²) in [5.74, 6) is -1.80. The molecule has 0 aliphatic rings. The lowest BCUT2D eigenvalue weighted by Crippen LogP contribution is -2.29. The molecule has 0 saturated carbocycles. The first-order valence-electron chi connectivity index (χ1n) is 5.38. The largest absolute Gasteiger partial charge is 0.481 e. The van der Waals surface area contributed by atoms with Gasteiger partial charge in [-0.2, -0.15) is 0 Å². The summed E-state index contributed by atoms with van der Waals surface area (Å²) < 4.78 is 13.0. The summed E-state index contributed by atoms with van der Waals surface area (Å²) in [6.07, 6.45) is 0.559. The molecule has 3 N–H and O–H groups in total. The molecule has 0 fully saturated rings. The van der Waals surface area contributed by atoms with Crippen molar-refractivity contribution >= 4 is 17.6 Å². The molecule has 0 heterocycles. The van der Waals surface area contributed by atoms with E-state index in [1.165, 1.54) is 18.2 Å². The first-order chi connectivity index (χ1) is 7.95. The monoisotopic (exact) mass is 259 g/mol. The van der Waals surface area contributed by atoms with Gasteiger partial charge in [0.2, 0.25) is 0 Å². The van der Waals surface area contributed by atoms with Crippen LogP contribution >= 0.6 is 11.6 Å². The predicted octanol–water partition coefficient (Wildman–Crippen LogP) is 2.77. The highest BCUT2D eigenvalue weighted by Gasteiger charge is 2.22. The molecular formula is C12H15ClFNO2. The fourth-order valence-electron chi connectivity index (χ4n) is 1.73. The first-order valence-corrected chi connectivity index (χ1v) is 5.75. The Balaban J connectivity index is 3.03. The molecule has 0 aliphatic carbocycles. The van der Waals surface area contributed by atoms with Crippen molar-refractivity contribution in [3.05, 3.63) is 34.6 Å². The Morgan fingerprint density at radius 1 is 1.59 bits per heavy atom. The van der Waals surface area contributed by atoms with E-state index < -0.39 is 11.8 Å². The maximum Gasteiger partial charge on any atom is 0.304 e. The number of aliphatic carboxylic acids is 1. The number of carbonyl (C=O) groups is 1. The maximum absolute atomic E-state index is 13.0. The highest BCUT2D eigenvalue weighted by molar-refractivity contribution is 6.30. The van der Waals surface area contributed by atoms with Crippen LogP contribution in [0.25, 0.3) is 0 Å². The van der Waals surface area contributed by atoms with Gasteiger partial charge in [-0.05, 0) is 24.1 Å². The van der Waals surface area contributed by atoms with Crippen LogP contribution in [0.15, 0.2) is 18.2 Å². The molecule has 17 heavy (non-hydrogen) atoms. The zero-order chi connectivity index (χ0) is 13.0.